The number of rotatable bonds is 2. The lowest BCUT2D eigenvalue weighted by Crippen LogP contribution is -1.98. The first kappa shape index (κ1) is 8.16. The van der Waals surface area contributed by atoms with Crippen molar-refractivity contribution >= 4 is 11.2 Å². The molecule has 0 aliphatic heterocycles. The molecule has 0 fully saturated rings. The quantitative estimate of drug-likeness (QED) is 0.696. The number of hydrogen-bond donors (Lipinski definition) is 0. The SMILES string of the molecule is CCOc1nc2c(ccn2C)n1C. The zero-order valence-corrected chi connectivity index (χ0v) is 8.11. The summed E-state index contributed by atoms with van der Waals surface area (Å²) in [5, 5.41) is 0. The fourth-order valence-electron chi connectivity index (χ4n) is 1.43. The summed E-state index contributed by atoms with van der Waals surface area (Å²) in [5.41, 5.74) is 2.07. The van der Waals surface area contributed by atoms with Crippen LogP contribution in [0.1, 0.15) is 6.92 Å². The van der Waals surface area contributed by atoms with Crippen LogP contribution in [0.2, 0.25) is 0 Å². The average Bonchev–Trinajstić information content (AvgIpc) is 2.59. The van der Waals surface area contributed by atoms with Crippen LogP contribution in [0.5, 0.6) is 6.01 Å². The number of fused-ring (bicyclic) bond motifs is 1. The maximum atomic E-state index is 5.37. The van der Waals surface area contributed by atoms with Gasteiger partial charge in [0, 0.05) is 20.3 Å². The van der Waals surface area contributed by atoms with Crippen LogP contribution in [0.25, 0.3) is 11.2 Å². The third kappa shape index (κ3) is 1.09. The fraction of sp³-hybridized carbons (Fsp3) is 0.444. The summed E-state index contributed by atoms with van der Waals surface area (Å²) in [7, 11) is 3.94. The van der Waals surface area contributed by atoms with Crippen molar-refractivity contribution in [2.75, 3.05) is 6.61 Å². The first-order chi connectivity index (χ1) is 6.24. The Labute approximate surface area is 76.7 Å². The van der Waals surface area contributed by atoms with E-state index in [0.717, 1.165) is 11.2 Å². The minimum absolute atomic E-state index is 0.650. The predicted molar refractivity (Wildman–Crippen MR) is 50.9 cm³/mol. The Kier molecular flexibility index (Phi) is 1.76. The Morgan fingerprint density at radius 3 is 2.85 bits per heavy atom. The Balaban J connectivity index is 2.60. The van der Waals surface area contributed by atoms with Gasteiger partial charge < -0.3 is 9.30 Å². The van der Waals surface area contributed by atoms with Crippen LogP contribution in [0.15, 0.2) is 12.3 Å². The molecule has 0 saturated carbocycles. The van der Waals surface area contributed by atoms with Crippen molar-refractivity contribution in [3.05, 3.63) is 12.3 Å². The maximum absolute atomic E-state index is 5.37. The van der Waals surface area contributed by atoms with Crippen molar-refractivity contribution in [1.82, 2.24) is 14.1 Å². The number of ether oxygens (including phenoxy) is 1. The molecule has 0 atom stereocenters. The van der Waals surface area contributed by atoms with Crippen LogP contribution in [-0.2, 0) is 14.1 Å². The smallest absolute Gasteiger partial charge is 0.298 e. The van der Waals surface area contributed by atoms with Gasteiger partial charge in [-0.15, -0.1) is 0 Å². The van der Waals surface area contributed by atoms with Gasteiger partial charge >= 0.3 is 0 Å². The van der Waals surface area contributed by atoms with Gasteiger partial charge in [-0.25, -0.2) is 0 Å². The molecule has 0 amide bonds. The van der Waals surface area contributed by atoms with Gasteiger partial charge in [0.25, 0.3) is 6.01 Å². The predicted octanol–water partition coefficient (Wildman–Crippen LogP) is 1.31. The van der Waals surface area contributed by atoms with E-state index in [1.807, 2.05) is 42.4 Å². The lowest BCUT2D eigenvalue weighted by Gasteiger charge is -2.00. The summed E-state index contributed by atoms with van der Waals surface area (Å²) < 4.78 is 9.31. The topological polar surface area (TPSA) is 32.0 Å². The molecule has 0 unspecified atom stereocenters. The molecule has 0 aromatic carbocycles. The van der Waals surface area contributed by atoms with Crippen molar-refractivity contribution in [2.45, 2.75) is 6.92 Å². The second kappa shape index (κ2) is 2.80. The largest absolute Gasteiger partial charge is 0.465 e. The molecule has 0 aliphatic rings. The van der Waals surface area contributed by atoms with E-state index in [1.54, 1.807) is 0 Å². The van der Waals surface area contributed by atoms with Crippen molar-refractivity contribution in [3.8, 4) is 6.01 Å². The summed E-state index contributed by atoms with van der Waals surface area (Å²) in [6.45, 7) is 2.61. The summed E-state index contributed by atoms with van der Waals surface area (Å²) >= 11 is 0. The first-order valence-electron chi connectivity index (χ1n) is 4.34. The van der Waals surface area contributed by atoms with Gasteiger partial charge in [-0.1, -0.05) is 0 Å². The van der Waals surface area contributed by atoms with Crippen LogP contribution < -0.4 is 4.74 Å². The number of imidazole rings is 1. The van der Waals surface area contributed by atoms with Gasteiger partial charge in [0.15, 0.2) is 5.65 Å². The lowest BCUT2D eigenvalue weighted by atomic mass is 10.6. The minimum Gasteiger partial charge on any atom is -0.465 e. The number of aryl methyl sites for hydroxylation is 2. The molecular formula is C9H13N3O. The highest BCUT2D eigenvalue weighted by Gasteiger charge is 2.09. The number of nitrogens with zero attached hydrogens (tertiary/aromatic N) is 3. The molecule has 2 aromatic heterocycles. The molecule has 2 rings (SSSR count). The first-order valence-corrected chi connectivity index (χ1v) is 4.34. The highest BCUT2D eigenvalue weighted by atomic mass is 16.5. The third-order valence-corrected chi connectivity index (χ3v) is 2.14. The molecule has 0 bridgehead atoms. The molecule has 13 heavy (non-hydrogen) atoms. The van der Waals surface area contributed by atoms with E-state index in [4.69, 9.17) is 4.74 Å². The summed E-state index contributed by atoms with van der Waals surface area (Å²) in [6.07, 6.45) is 1.99. The summed E-state index contributed by atoms with van der Waals surface area (Å²) in [6, 6.07) is 2.72. The van der Waals surface area contributed by atoms with E-state index in [9.17, 15) is 0 Å². The van der Waals surface area contributed by atoms with Crippen molar-refractivity contribution in [3.63, 3.8) is 0 Å². The van der Waals surface area contributed by atoms with E-state index >= 15 is 0 Å². The molecule has 0 saturated heterocycles. The standard InChI is InChI=1S/C9H13N3O/c1-4-13-9-10-8-7(12(9)3)5-6-11(8)2/h5-6H,4H2,1-3H3. The Morgan fingerprint density at radius 1 is 1.46 bits per heavy atom. The Morgan fingerprint density at radius 2 is 2.23 bits per heavy atom. The molecule has 70 valence electrons. The Hall–Kier alpha value is -1.45. The zero-order chi connectivity index (χ0) is 9.42. The fourth-order valence-corrected chi connectivity index (χ4v) is 1.43. The van der Waals surface area contributed by atoms with Gasteiger partial charge in [-0.3, -0.25) is 4.57 Å². The molecule has 0 N–H and O–H groups in total. The van der Waals surface area contributed by atoms with Crippen LogP contribution in [0.4, 0.5) is 0 Å². The molecular weight excluding hydrogens is 166 g/mol. The summed E-state index contributed by atoms with van der Waals surface area (Å²) in [5.74, 6) is 0. The molecule has 0 radical (unpaired) electrons. The normalized spacial score (nSPS) is 11.0. The van der Waals surface area contributed by atoms with Crippen LogP contribution in [0.3, 0.4) is 0 Å². The lowest BCUT2D eigenvalue weighted by molar-refractivity contribution is 0.304. The van der Waals surface area contributed by atoms with Crippen molar-refractivity contribution in [1.29, 1.82) is 0 Å². The summed E-state index contributed by atoms with van der Waals surface area (Å²) in [4.78, 5) is 4.37. The van der Waals surface area contributed by atoms with Gasteiger partial charge in [0.2, 0.25) is 0 Å². The van der Waals surface area contributed by atoms with Crippen molar-refractivity contribution < 1.29 is 4.74 Å². The number of hydrogen-bond acceptors (Lipinski definition) is 2. The molecule has 2 heterocycles. The van der Waals surface area contributed by atoms with Gasteiger partial charge in [0.05, 0.1) is 12.1 Å². The average molecular weight is 179 g/mol. The monoisotopic (exact) mass is 179 g/mol. The third-order valence-electron chi connectivity index (χ3n) is 2.14. The second-order valence-corrected chi connectivity index (χ2v) is 3.02. The van der Waals surface area contributed by atoms with Gasteiger partial charge in [0.1, 0.15) is 0 Å². The Bertz CT molecular complexity index is 427. The molecule has 4 nitrogen and oxygen atoms in total. The van der Waals surface area contributed by atoms with Crippen LogP contribution in [-0.4, -0.2) is 20.7 Å². The molecule has 4 heteroatoms. The molecule has 0 spiro atoms. The number of aromatic nitrogens is 3. The molecule has 0 aliphatic carbocycles. The van der Waals surface area contributed by atoms with E-state index in [-0.39, 0.29) is 0 Å². The molecule has 2 aromatic rings. The second-order valence-electron chi connectivity index (χ2n) is 3.02. The van der Waals surface area contributed by atoms with E-state index < -0.39 is 0 Å². The van der Waals surface area contributed by atoms with E-state index in [2.05, 4.69) is 4.98 Å². The van der Waals surface area contributed by atoms with Gasteiger partial charge in [-0.05, 0) is 13.0 Å². The zero-order valence-electron chi connectivity index (χ0n) is 8.11. The highest BCUT2D eigenvalue weighted by molar-refractivity contribution is 5.73. The van der Waals surface area contributed by atoms with Crippen LogP contribution in [0, 0.1) is 0 Å². The van der Waals surface area contributed by atoms with Gasteiger partial charge in [-0.2, -0.15) is 4.98 Å². The highest BCUT2D eigenvalue weighted by Crippen LogP contribution is 2.19. The van der Waals surface area contributed by atoms with Crippen molar-refractivity contribution in [2.24, 2.45) is 14.1 Å². The van der Waals surface area contributed by atoms with E-state index in [0.29, 0.717) is 12.6 Å². The maximum Gasteiger partial charge on any atom is 0.298 e. The van der Waals surface area contributed by atoms with Crippen LogP contribution >= 0.6 is 0 Å². The minimum atomic E-state index is 0.650. The van der Waals surface area contributed by atoms with E-state index in [1.165, 1.54) is 0 Å².